The van der Waals surface area contributed by atoms with Crippen molar-refractivity contribution >= 4 is 11.8 Å². The van der Waals surface area contributed by atoms with Crippen molar-refractivity contribution in [2.45, 2.75) is 13.8 Å². The molecule has 1 amide bonds. The minimum atomic E-state index is -0.472. The van der Waals surface area contributed by atoms with Crippen molar-refractivity contribution in [1.82, 2.24) is 5.32 Å². The van der Waals surface area contributed by atoms with Crippen molar-refractivity contribution in [2.24, 2.45) is 0 Å². The molecule has 0 aliphatic carbocycles. The zero-order valence-electron chi connectivity index (χ0n) is 11.9. The number of amides is 1. The van der Waals surface area contributed by atoms with Gasteiger partial charge in [-0.15, -0.1) is 0 Å². The average Bonchev–Trinajstić information content (AvgIpc) is 2.42. The number of carbonyl (C=O) groups excluding carboxylic acids is 1. The molecule has 0 fully saturated rings. The Bertz CT molecular complexity index is 651. The minimum Gasteiger partial charge on any atom is -0.410 e. The Morgan fingerprint density at radius 3 is 2.45 bits per heavy atom. The molecule has 0 atom stereocenters. The summed E-state index contributed by atoms with van der Waals surface area (Å²) in [5.41, 5.74) is 10.9. The summed E-state index contributed by atoms with van der Waals surface area (Å²) in [7, 11) is 1.53. The van der Waals surface area contributed by atoms with Crippen molar-refractivity contribution in [3.63, 3.8) is 0 Å². The van der Waals surface area contributed by atoms with Crippen molar-refractivity contribution in [3.8, 4) is 16.9 Å². The summed E-state index contributed by atoms with van der Waals surface area (Å²) in [5, 5.41) is 2.42. The smallest absolute Gasteiger partial charge is 0.410 e. The molecular weight excluding hydrogens is 252 g/mol. The highest BCUT2D eigenvalue weighted by molar-refractivity contribution is 5.73. The highest BCUT2D eigenvalue weighted by Crippen LogP contribution is 2.29. The number of ether oxygens (including phenoxy) is 1. The van der Waals surface area contributed by atoms with Gasteiger partial charge in [0.2, 0.25) is 0 Å². The fourth-order valence-corrected chi connectivity index (χ4v) is 2.02. The molecule has 0 radical (unpaired) electrons. The van der Waals surface area contributed by atoms with E-state index in [4.69, 9.17) is 10.5 Å². The van der Waals surface area contributed by atoms with Crippen LogP contribution in [0.2, 0.25) is 0 Å². The van der Waals surface area contributed by atoms with Gasteiger partial charge in [-0.2, -0.15) is 0 Å². The molecular formula is C16H18N2O2. The van der Waals surface area contributed by atoms with Gasteiger partial charge in [-0.3, -0.25) is 0 Å². The first kappa shape index (κ1) is 13.9. The zero-order valence-corrected chi connectivity index (χ0v) is 11.9. The summed E-state index contributed by atoms with van der Waals surface area (Å²) in [6.07, 6.45) is -0.472. The molecule has 3 N–H and O–H groups in total. The normalized spacial score (nSPS) is 10.2. The van der Waals surface area contributed by atoms with Crippen LogP contribution in [0.1, 0.15) is 11.1 Å². The lowest BCUT2D eigenvalue weighted by Gasteiger charge is -2.10. The minimum absolute atomic E-state index is 0.472. The van der Waals surface area contributed by atoms with Crippen LogP contribution in [0.4, 0.5) is 10.5 Å². The first-order valence-corrected chi connectivity index (χ1v) is 6.38. The van der Waals surface area contributed by atoms with E-state index in [0.29, 0.717) is 5.75 Å². The predicted octanol–water partition coefficient (Wildman–Crippen LogP) is 3.27. The quantitative estimate of drug-likeness (QED) is 0.823. The maximum Gasteiger partial charge on any atom is 0.412 e. The molecule has 4 nitrogen and oxygen atoms in total. The Labute approximate surface area is 118 Å². The molecule has 0 saturated carbocycles. The van der Waals surface area contributed by atoms with Crippen LogP contribution in [-0.4, -0.2) is 13.1 Å². The lowest BCUT2D eigenvalue weighted by Crippen LogP contribution is -2.22. The number of rotatable bonds is 2. The van der Waals surface area contributed by atoms with Crippen LogP contribution < -0.4 is 15.8 Å². The SMILES string of the molecule is CNC(=O)Oc1ccc(-c2ccc(N)c(C)c2)c(C)c1. The summed E-state index contributed by atoms with van der Waals surface area (Å²) < 4.78 is 5.11. The average molecular weight is 270 g/mol. The molecule has 0 aliphatic heterocycles. The van der Waals surface area contributed by atoms with E-state index in [-0.39, 0.29) is 0 Å². The lowest BCUT2D eigenvalue weighted by molar-refractivity contribution is 0.203. The van der Waals surface area contributed by atoms with E-state index in [0.717, 1.165) is 27.9 Å². The van der Waals surface area contributed by atoms with Crippen molar-refractivity contribution < 1.29 is 9.53 Å². The molecule has 0 aliphatic rings. The van der Waals surface area contributed by atoms with Crippen LogP contribution in [0, 0.1) is 13.8 Å². The first-order chi connectivity index (χ1) is 9.51. The molecule has 4 heteroatoms. The topological polar surface area (TPSA) is 64.3 Å². The van der Waals surface area contributed by atoms with Gasteiger partial charge in [-0.25, -0.2) is 4.79 Å². The van der Waals surface area contributed by atoms with Crippen molar-refractivity contribution in [2.75, 3.05) is 12.8 Å². The van der Waals surface area contributed by atoms with Gasteiger partial charge in [-0.1, -0.05) is 12.1 Å². The first-order valence-electron chi connectivity index (χ1n) is 6.38. The van der Waals surface area contributed by atoms with Crippen molar-refractivity contribution in [3.05, 3.63) is 47.5 Å². The Hall–Kier alpha value is -2.49. The number of aryl methyl sites for hydroxylation is 2. The fourth-order valence-electron chi connectivity index (χ4n) is 2.02. The van der Waals surface area contributed by atoms with Crippen LogP contribution in [0.15, 0.2) is 36.4 Å². The summed E-state index contributed by atoms with van der Waals surface area (Å²) in [4.78, 5) is 11.2. The molecule has 0 bridgehead atoms. The van der Waals surface area contributed by atoms with E-state index >= 15 is 0 Å². The maximum atomic E-state index is 11.2. The van der Waals surface area contributed by atoms with Crippen LogP contribution in [0.5, 0.6) is 5.75 Å². The number of nitrogen functional groups attached to an aromatic ring is 1. The van der Waals surface area contributed by atoms with Gasteiger partial charge in [0.25, 0.3) is 0 Å². The third kappa shape index (κ3) is 2.91. The molecule has 20 heavy (non-hydrogen) atoms. The van der Waals surface area contributed by atoms with Gasteiger partial charge < -0.3 is 15.8 Å². The third-order valence-electron chi connectivity index (χ3n) is 3.19. The van der Waals surface area contributed by atoms with E-state index in [2.05, 4.69) is 11.4 Å². The lowest BCUT2D eigenvalue weighted by atomic mass is 9.98. The second-order valence-corrected chi connectivity index (χ2v) is 4.69. The monoisotopic (exact) mass is 270 g/mol. The van der Waals surface area contributed by atoms with Gasteiger partial charge in [-0.05, 0) is 60.4 Å². The molecule has 2 rings (SSSR count). The van der Waals surface area contributed by atoms with Crippen LogP contribution in [0.25, 0.3) is 11.1 Å². The summed E-state index contributed by atoms with van der Waals surface area (Å²) in [6.45, 7) is 3.97. The maximum absolute atomic E-state index is 11.2. The molecule has 104 valence electrons. The van der Waals surface area contributed by atoms with Crippen LogP contribution in [-0.2, 0) is 0 Å². The fraction of sp³-hybridized carbons (Fsp3) is 0.188. The zero-order chi connectivity index (χ0) is 14.7. The van der Waals surface area contributed by atoms with E-state index in [1.807, 2.05) is 38.1 Å². The molecule has 0 spiro atoms. The third-order valence-corrected chi connectivity index (χ3v) is 3.19. The number of hydrogen-bond acceptors (Lipinski definition) is 3. The van der Waals surface area contributed by atoms with E-state index in [1.54, 1.807) is 6.07 Å². The van der Waals surface area contributed by atoms with E-state index in [9.17, 15) is 4.79 Å². The molecule has 0 saturated heterocycles. The Kier molecular flexibility index (Phi) is 3.94. The number of nitrogens with one attached hydrogen (secondary N) is 1. The standard InChI is InChI=1S/C16H18N2O2/c1-10-9-13(20-16(19)18-3)5-6-14(10)12-4-7-15(17)11(2)8-12/h4-9H,17H2,1-3H3,(H,18,19). The highest BCUT2D eigenvalue weighted by Gasteiger charge is 2.07. The number of hydrogen-bond donors (Lipinski definition) is 2. The molecule has 2 aromatic rings. The van der Waals surface area contributed by atoms with Gasteiger partial charge in [0.05, 0.1) is 0 Å². The Morgan fingerprint density at radius 2 is 1.85 bits per heavy atom. The van der Waals surface area contributed by atoms with Crippen molar-refractivity contribution in [1.29, 1.82) is 0 Å². The van der Waals surface area contributed by atoms with E-state index < -0.39 is 6.09 Å². The van der Waals surface area contributed by atoms with Crippen LogP contribution in [0.3, 0.4) is 0 Å². The molecule has 0 aromatic heterocycles. The second-order valence-electron chi connectivity index (χ2n) is 4.69. The van der Waals surface area contributed by atoms with E-state index in [1.165, 1.54) is 7.05 Å². The number of benzene rings is 2. The largest absolute Gasteiger partial charge is 0.412 e. The number of anilines is 1. The second kappa shape index (κ2) is 5.65. The van der Waals surface area contributed by atoms with Gasteiger partial charge in [0, 0.05) is 12.7 Å². The molecule has 2 aromatic carbocycles. The number of carbonyl (C=O) groups is 1. The van der Waals surface area contributed by atoms with Gasteiger partial charge in [0.15, 0.2) is 0 Å². The highest BCUT2D eigenvalue weighted by atomic mass is 16.5. The molecule has 0 unspecified atom stereocenters. The summed E-state index contributed by atoms with van der Waals surface area (Å²) >= 11 is 0. The number of nitrogens with two attached hydrogens (primary N) is 1. The van der Waals surface area contributed by atoms with Crippen LogP contribution >= 0.6 is 0 Å². The van der Waals surface area contributed by atoms with Gasteiger partial charge >= 0.3 is 6.09 Å². The summed E-state index contributed by atoms with van der Waals surface area (Å²) in [6, 6.07) is 11.5. The molecule has 0 heterocycles. The Morgan fingerprint density at radius 1 is 1.10 bits per heavy atom. The predicted molar refractivity (Wildman–Crippen MR) is 80.8 cm³/mol. The van der Waals surface area contributed by atoms with Gasteiger partial charge in [0.1, 0.15) is 5.75 Å². The summed E-state index contributed by atoms with van der Waals surface area (Å²) in [5.74, 6) is 0.526. The Balaban J connectivity index is 2.34.